The number of nitrogen functional groups attached to an aromatic ring is 1. The summed E-state index contributed by atoms with van der Waals surface area (Å²) >= 11 is 0. The molecule has 1 aromatic heterocycles. The van der Waals surface area contributed by atoms with Gasteiger partial charge >= 0.3 is 17.6 Å². The Kier molecular flexibility index (Phi) is 11.1. The zero-order valence-electron chi connectivity index (χ0n) is 20.9. The van der Waals surface area contributed by atoms with Crippen molar-refractivity contribution in [2.75, 3.05) is 17.6 Å². The van der Waals surface area contributed by atoms with Gasteiger partial charge in [-0.2, -0.15) is 4.98 Å². The summed E-state index contributed by atoms with van der Waals surface area (Å²) in [5.74, 6) is -6.60. The first-order valence-electron chi connectivity index (χ1n) is 10.5. The monoisotopic (exact) mass is 561 g/mol. The second-order valence-electron chi connectivity index (χ2n) is 7.20. The van der Waals surface area contributed by atoms with Crippen molar-refractivity contribution in [1.29, 1.82) is 0 Å². The highest BCUT2D eigenvalue weighted by molar-refractivity contribution is 6.86. The van der Waals surface area contributed by atoms with Crippen molar-refractivity contribution in [2.45, 2.75) is 53.1 Å². The summed E-state index contributed by atoms with van der Waals surface area (Å²) in [4.78, 5) is 84.0. The maximum Gasteiger partial charge on any atom is 0.716 e. The van der Waals surface area contributed by atoms with Gasteiger partial charge in [-0.3, -0.25) is 28.8 Å². The fraction of sp³-hybridized carbons (Fsp3) is 0.500. The van der Waals surface area contributed by atoms with E-state index in [1.165, 1.54) is 0 Å². The minimum absolute atomic E-state index is 0.0225. The van der Waals surface area contributed by atoms with Crippen LogP contribution in [-0.2, 0) is 55.3 Å². The van der Waals surface area contributed by atoms with E-state index in [1.807, 2.05) is 0 Å². The number of nitrogens with two attached hydrogens (primary N) is 1. The minimum atomic E-state index is -5.04. The van der Waals surface area contributed by atoms with Gasteiger partial charge in [0, 0.05) is 48.1 Å². The van der Waals surface area contributed by atoms with Crippen LogP contribution in [0.5, 0.6) is 0 Å². The molecule has 204 valence electrons. The third-order valence-electron chi connectivity index (χ3n) is 3.88. The lowest BCUT2D eigenvalue weighted by atomic mass is 10.5. The van der Waals surface area contributed by atoms with Crippen molar-refractivity contribution in [2.24, 2.45) is 0 Å². The Morgan fingerprint density at radius 3 is 1.38 bits per heavy atom. The van der Waals surface area contributed by atoms with Crippen molar-refractivity contribution in [3.63, 3.8) is 0 Å². The average Bonchev–Trinajstić information content (AvgIpc) is 2.67. The highest BCUT2D eigenvalue weighted by Crippen LogP contribution is 2.40. The number of aromatic nitrogens is 3. The van der Waals surface area contributed by atoms with Crippen LogP contribution in [0.15, 0.2) is 6.33 Å². The summed E-state index contributed by atoms with van der Waals surface area (Å²) in [6, 6.07) is 0. The number of nitrogens with one attached hydrogen (secondary N) is 1. The smallest absolute Gasteiger partial charge is 0.455 e. The van der Waals surface area contributed by atoms with Crippen LogP contribution in [0.3, 0.4) is 0 Å². The molecule has 1 aromatic rings. The highest BCUT2D eigenvalue weighted by Gasteiger charge is 2.77. The number of hydrogen-bond donors (Lipinski definition) is 2. The number of hydrogen-bond acceptors (Lipinski definition) is 17. The molecule has 0 spiro atoms. The molecular weight excluding hydrogens is 534 g/mol. The van der Waals surface area contributed by atoms with E-state index >= 15 is 0 Å². The summed E-state index contributed by atoms with van der Waals surface area (Å²) in [5, 5.41) is 0.976. The van der Waals surface area contributed by atoms with Crippen molar-refractivity contribution < 1.29 is 55.3 Å². The van der Waals surface area contributed by atoms with Crippen LogP contribution in [0.25, 0.3) is 0 Å². The first kappa shape index (κ1) is 30.9. The molecule has 0 bridgehead atoms. The van der Waals surface area contributed by atoms with Crippen LogP contribution in [0.1, 0.15) is 48.0 Å². The van der Waals surface area contributed by atoms with Crippen LogP contribution in [0.4, 0.5) is 11.9 Å². The average molecular weight is 562 g/mol. The molecule has 0 atom stereocenters. The second-order valence-corrected chi connectivity index (χ2v) is 12.8. The number of carbonyl (C=O) groups is 6. The number of rotatable bonds is 12. The molecule has 1 heterocycles. The van der Waals surface area contributed by atoms with Gasteiger partial charge in [0.1, 0.15) is 6.33 Å². The lowest BCUT2D eigenvalue weighted by molar-refractivity contribution is -0.148. The van der Waals surface area contributed by atoms with Crippen LogP contribution < -0.4 is 11.1 Å². The Morgan fingerprint density at radius 2 is 1.08 bits per heavy atom. The van der Waals surface area contributed by atoms with E-state index in [1.54, 1.807) is 0 Å². The number of nitrogens with zero attached hydrogens (tertiary/aromatic N) is 3. The molecule has 17 nitrogen and oxygen atoms in total. The molecule has 0 aliphatic heterocycles. The van der Waals surface area contributed by atoms with Gasteiger partial charge in [0.2, 0.25) is 11.9 Å². The Morgan fingerprint density at radius 1 is 0.730 bits per heavy atom. The van der Waals surface area contributed by atoms with Gasteiger partial charge in [-0.05, 0) is 6.42 Å². The van der Waals surface area contributed by atoms with Gasteiger partial charge in [0.05, 0.1) is 0 Å². The molecule has 0 saturated carbocycles. The molecule has 0 aliphatic rings. The fourth-order valence-corrected chi connectivity index (χ4v) is 10.3. The van der Waals surface area contributed by atoms with E-state index in [9.17, 15) is 28.8 Å². The van der Waals surface area contributed by atoms with E-state index in [0.29, 0.717) is 0 Å². The summed E-state index contributed by atoms with van der Waals surface area (Å²) in [6.45, 7) is 5.31. The first-order chi connectivity index (χ1) is 17.1. The van der Waals surface area contributed by atoms with Gasteiger partial charge in [-0.15, -0.1) is 0 Å². The molecule has 0 amide bonds. The molecule has 37 heavy (non-hydrogen) atoms. The van der Waals surface area contributed by atoms with Crippen molar-refractivity contribution in [3.8, 4) is 0 Å². The van der Waals surface area contributed by atoms with Crippen LogP contribution in [-0.4, -0.2) is 74.9 Å². The molecule has 0 unspecified atom stereocenters. The van der Waals surface area contributed by atoms with Gasteiger partial charge < -0.3 is 37.6 Å². The Labute approximate surface area is 213 Å². The third-order valence-corrected chi connectivity index (χ3v) is 11.7. The molecule has 0 aliphatic carbocycles. The van der Waals surface area contributed by atoms with Crippen molar-refractivity contribution in [1.82, 2.24) is 15.0 Å². The predicted octanol–water partition coefficient (Wildman–Crippen LogP) is -0.578. The summed E-state index contributed by atoms with van der Waals surface area (Å²) < 4.78 is 31.7. The maximum absolute atomic E-state index is 12.1. The standard InChI is InChI=1S/C18H27N5O12Si2/c1-10(24)30-36(31-11(2)25,32-12(3)26)16(7-8-20-18-22-9-21-17(19)23-18)37(33-13(4)27,34-14(5)28)35-15(6)29/h9,16H,7-8H2,1-6H3,(H3,19,20,21,22,23). The van der Waals surface area contributed by atoms with Crippen molar-refractivity contribution >= 4 is 65.3 Å². The number of carbonyl (C=O) groups excluding carboxylic acids is 6. The first-order valence-corrected chi connectivity index (χ1v) is 14.1. The Bertz CT molecular complexity index is 918. The van der Waals surface area contributed by atoms with Gasteiger partial charge in [-0.25, -0.2) is 9.97 Å². The van der Waals surface area contributed by atoms with E-state index < -0.39 is 65.0 Å². The second kappa shape index (κ2) is 13.2. The summed E-state index contributed by atoms with van der Waals surface area (Å²) in [5.41, 5.74) is 5.52. The molecule has 0 radical (unpaired) electrons. The number of anilines is 2. The minimum Gasteiger partial charge on any atom is -0.455 e. The van der Waals surface area contributed by atoms with Crippen LogP contribution in [0, 0.1) is 0 Å². The molecule has 0 fully saturated rings. The molecule has 3 N–H and O–H groups in total. The van der Waals surface area contributed by atoms with Crippen LogP contribution >= 0.6 is 0 Å². The normalized spacial score (nSPS) is 11.1. The predicted molar refractivity (Wildman–Crippen MR) is 123 cm³/mol. The third kappa shape index (κ3) is 9.79. The van der Waals surface area contributed by atoms with Gasteiger partial charge in [0.25, 0.3) is 35.8 Å². The summed E-state index contributed by atoms with van der Waals surface area (Å²) in [7, 11) is -10.1. The Balaban J connectivity index is 3.84. The molecule has 0 saturated heterocycles. The van der Waals surface area contributed by atoms with Gasteiger partial charge in [0.15, 0.2) is 5.16 Å². The highest BCUT2D eigenvalue weighted by atomic mass is 28.5. The maximum atomic E-state index is 12.1. The lowest BCUT2D eigenvalue weighted by Gasteiger charge is -2.38. The van der Waals surface area contributed by atoms with Gasteiger partial charge in [-0.1, -0.05) is 0 Å². The van der Waals surface area contributed by atoms with E-state index in [-0.39, 0.29) is 18.4 Å². The summed E-state index contributed by atoms with van der Waals surface area (Å²) in [6.07, 6.45) is 0.694. The molecule has 19 heteroatoms. The lowest BCUT2D eigenvalue weighted by Crippen LogP contribution is -2.66. The zero-order valence-corrected chi connectivity index (χ0v) is 22.9. The van der Waals surface area contributed by atoms with Crippen LogP contribution in [0.2, 0.25) is 5.16 Å². The van der Waals surface area contributed by atoms with Crippen molar-refractivity contribution in [3.05, 3.63) is 6.33 Å². The van der Waals surface area contributed by atoms with E-state index in [2.05, 4.69) is 20.3 Å². The quantitative estimate of drug-likeness (QED) is 0.304. The zero-order chi connectivity index (χ0) is 28.4. The van der Waals surface area contributed by atoms with E-state index in [4.69, 9.17) is 32.3 Å². The fourth-order valence-electron chi connectivity index (χ4n) is 3.05. The largest absolute Gasteiger partial charge is 0.716 e. The van der Waals surface area contributed by atoms with E-state index in [0.717, 1.165) is 47.9 Å². The molecule has 0 aromatic carbocycles. The Hall–Kier alpha value is -4.14. The molecular formula is C18H27N5O12Si2. The SMILES string of the molecule is CC(=O)O[Si](OC(C)=O)(OC(C)=O)C(CCNc1ncnc(N)n1)[Si](OC(C)=O)(OC(C)=O)OC(C)=O. The molecule has 1 rings (SSSR count). The topological polar surface area (TPSA) is 235 Å².